The van der Waals surface area contributed by atoms with Crippen molar-refractivity contribution in [2.75, 3.05) is 37.0 Å². The summed E-state index contributed by atoms with van der Waals surface area (Å²) in [7, 11) is -5.28. The maximum Gasteiger partial charge on any atom is 0.244 e. The molecular weight excluding hydrogens is 326 g/mol. The molecule has 0 aliphatic carbocycles. The molecule has 0 spiro atoms. The van der Waals surface area contributed by atoms with Crippen LogP contribution in [0, 0.1) is 0 Å². The van der Waals surface area contributed by atoms with E-state index < -0.39 is 19.9 Å². The minimum Gasteiger partial charge on any atom is -0.372 e. The van der Waals surface area contributed by atoms with Gasteiger partial charge in [0.15, 0.2) is 9.84 Å². The third-order valence-electron chi connectivity index (χ3n) is 2.99. The Morgan fingerprint density at radius 2 is 1.95 bits per heavy atom. The second kappa shape index (κ2) is 5.47. The Labute approximate surface area is 122 Å². The average molecular weight is 340 g/mol. The lowest BCUT2D eigenvalue weighted by molar-refractivity contribution is 0.430. The highest BCUT2D eigenvalue weighted by Crippen LogP contribution is 2.24. The van der Waals surface area contributed by atoms with Gasteiger partial charge in [0.1, 0.15) is 10.7 Å². The Hall–Kier alpha value is -0.900. The smallest absolute Gasteiger partial charge is 0.244 e. The van der Waals surface area contributed by atoms with Gasteiger partial charge in [0, 0.05) is 26.3 Å². The number of nitrogens with one attached hydrogen (secondary N) is 1. The number of hydrogen-bond acceptors (Lipinski definition) is 6. The maximum atomic E-state index is 12.4. The van der Waals surface area contributed by atoms with E-state index in [-0.39, 0.29) is 34.5 Å². The fraction of sp³-hybridized carbons (Fsp3) is 0.500. The summed E-state index contributed by atoms with van der Waals surface area (Å²) in [5, 5.41) is 2.93. The van der Waals surface area contributed by atoms with E-state index in [2.05, 4.69) is 10.3 Å². The van der Waals surface area contributed by atoms with E-state index >= 15 is 0 Å². The second-order valence-corrected chi connectivity index (χ2v) is 8.96. The van der Waals surface area contributed by atoms with Crippen molar-refractivity contribution in [3.05, 3.63) is 17.3 Å². The summed E-state index contributed by atoms with van der Waals surface area (Å²) in [5.41, 5.74) is 0. The zero-order chi connectivity index (χ0) is 15.0. The van der Waals surface area contributed by atoms with Gasteiger partial charge >= 0.3 is 0 Å². The average Bonchev–Trinajstić information content (AvgIpc) is 2.38. The molecule has 2 rings (SSSR count). The highest BCUT2D eigenvalue weighted by Gasteiger charge is 2.31. The van der Waals surface area contributed by atoms with Crippen molar-refractivity contribution in [2.24, 2.45) is 0 Å². The third-order valence-corrected chi connectivity index (χ3v) is 6.76. The molecule has 1 aromatic heterocycles. The molecule has 1 aliphatic heterocycles. The number of nitrogens with zero attached hydrogens (tertiary/aromatic N) is 2. The van der Waals surface area contributed by atoms with Crippen LogP contribution in [0.25, 0.3) is 0 Å². The molecule has 0 bridgehead atoms. The lowest BCUT2D eigenvalue weighted by Gasteiger charge is -2.25. The lowest BCUT2D eigenvalue weighted by Crippen LogP contribution is -2.43. The van der Waals surface area contributed by atoms with Crippen LogP contribution in [0.5, 0.6) is 0 Å². The number of sulfone groups is 1. The summed E-state index contributed by atoms with van der Waals surface area (Å²) in [6, 6.07) is 1.30. The van der Waals surface area contributed by atoms with Gasteiger partial charge in [-0.15, -0.1) is 0 Å². The van der Waals surface area contributed by atoms with E-state index in [1.54, 1.807) is 7.05 Å². The van der Waals surface area contributed by atoms with E-state index in [0.29, 0.717) is 5.82 Å². The predicted molar refractivity (Wildman–Crippen MR) is 76.2 cm³/mol. The molecule has 10 heteroatoms. The topological polar surface area (TPSA) is 96.4 Å². The maximum absolute atomic E-state index is 12.4. The van der Waals surface area contributed by atoms with E-state index in [1.165, 1.54) is 12.3 Å². The normalized spacial score (nSPS) is 19.7. The Bertz CT molecular complexity index is 704. The standard InChI is InChI=1S/C10H14ClN3O4S2/c1-12-10-9(11)6-8(7-13-10)20(17,18)14-2-4-19(15,16)5-3-14/h6-7H,2-5H2,1H3,(H,12,13). The highest BCUT2D eigenvalue weighted by molar-refractivity contribution is 7.92. The van der Waals surface area contributed by atoms with Crippen molar-refractivity contribution >= 4 is 37.3 Å². The number of halogens is 1. The van der Waals surface area contributed by atoms with E-state index in [9.17, 15) is 16.8 Å². The van der Waals surface area contributed by atoms with Crippen LogP contribution in [0.3, 0.4) is 0 Å². The molecular formula is C10H14ClN3O4S2. The molecule has 0 unspecified atom stereocenters. The van der Waals surface area contributed by atoms with Gasteiger partial charge in [0.2, 0.25) is 10.0 Å². The molecule has 20 heavy (non-hydrogen) atoms. The van der Waals surface area contributed by atoms with Crippen molar-refractivity contribution in [1.29, 1.82) is 0 Å². The van der Waals surface area contributed by atoms with Crippen LogP contribution in [0.2, 0.25) is 5.02 Å². The summed E-state index contributed by atoms with van der Waals surface area (Å²) in [4.78, 5) is 3.88. The number of sulfonamides is 1. The molecule has 2 heterocycles. The van der Waals surface area contributed by atoms with Gasteiger partial charge in [-0.05, 0) is 6.07 Å². The summed E-state index contributed by atoms with van der Waals surface area (Å²) in [5.74, 6) is 0.0519. The number of anilines is 1. The monoisotopic (exact) mass is 339 g/mol. The van der Waals surface area contributed by atoms with E-state index in [0.717, 1.165) is 4.31 Å². The van der Waals surface area contributed by atoms with Crippen LogP contribution in [0.1, 0.15) is 0 Å². The zero-order valence-electron chi connectivity index (χ0n) is 10.7. The fourth-order valence-corrected chi connectivity index (χ4v) is 5.00. The van der Waals surface area contributed by atoms with Gasteiger partial charge < -0.3 is 5.32 Å². The van der Waals surface area contributed by atoms with Gasteiger partial charge in [-0.1, -0.05) is 11.6 Å². The number of pyridine rings is 1. The van der Waals surface area contributed by atoms with Gasteiger partial charge in [0.05, 0.1) is 16.5 Å². The first-order valence-corrected chi connectivity index (χ1v) is 9.44. The van der Waals surface area contributed by atoms with E-state index in [1.807, 2.05) is 0 Å². The van der Waals surface area contributed by atoms with Crippen molar-refractivity contribution < 1.29 is 16.8 Å². The van der Waals surface area contributed by atoms with Crippen LogP contribution in [0.4, 0.5) is 5.82 Å². The Morgan fingerprint density at radius 3 is 2.45 bits per heavy atom. The van der Waals surface area contributed by atoms with Crippen molar-refractivity contribution in [3.8, 4) is 0 Å². The summed E-state index contributed by atoms with van der Waals surface area (Å²) in [6.45, 7) is -0.0911. The van der Waals surface area contributed by atoms with Crippen LogP contribution < -0.4 is 5.32 Å². The summed E-state index contributed by atoms with van der Waals surface area (Å²) < 4.78 is 48.5. The predicted octanol–water partition coefficient (Wildman–Crippen LogP) is 0.196. The molecule has 1 N–H and O–H groups in total. The number of aromatic nitrogens is 1. The van der Waals surface area contributed by atoms with Gasteiger partial charge in [-0.25, -0.2) is 21.8 Å². The van der Waals surface area contributed by atoms with Crippen LogP contribution in [-0.2, 0) is 19.9 Å². The van der Waals surface area contributed by atoms with Crippen LogP contribution in [0.15, 0.2) is 17.2 Å². The third kappa shape index (κ3) is 3.05. The molecule has 1 saturated heterocycles. The largest absolute Gasteiger partial charge is 0.372 e. The minimum absolute atomic E-state index is 0.0409. The quantitative estimate of drug-likeness (QED) is 0.844. The number of rotatable bonds is 3. The molecule has 0 atom stereocenters. The molecule has 1 aliphatic rings. The van der Waals surface area contributed by atoms with E-state index in [4.69, 9.17) is 11.6 Å². The van der Waals surface area contributed by atoms with Gasteiger partial charge in [-0.3, -0.25) is 0 Å². The van der Waals surface area contributed by atoms with Crippen molar-refractivity contribution in [2.45, 2.75) is 4.90 Å². The molecule has 0 radical (unpaired) electrons. The highest BCUT2D eigenvalue weighted by atomic mass is 35.5. The van der Waals surface area contributed by atoms with Crippen molar-refractivity contribution in [1.82, 2.24) is 9.29 Å². The Balaban J connectivity index is 2.29. The Kier molecular flexibility index (Phi) is 4.24. The second-order valence-electron chi connectivity index (χ2n) is 4.31. The lowest BCUT2D eigenvalue weighted by atomic mass is 10.4. The first kappa shape index (κ1) is 15.5. The number of hydrogen-bond donors (Lipinski definition) is 1. The van der Waals surface area contributed by atoms with Crippen LogP contribution >= 0.6 is 11.6 Å². The molecule has 0 saturated carbocycles. The molecule has 1 aromatic rings. The van der Waals surface area contributed by atoms with Crippen LogP contribution in [-0.4, -0.2) is 57.8 Å². The molecule has 7 nitrogen and oxygen atoms in total. The first-order chi connectivity index (χ1) is 9.26. The molecule has 1 fully saturated rings. The minimum atomic E-state index is -3.77. The first-order valence-electron chi connectivity index (χ1n) is 5.80. The molecule has 0 amide bonds. The molecule has 112 valence electrons. The Morgan fingerprint density at radius 1 is 1.35 bits per heavy atom. The summed E-state index contributed by atoms with van der Waals surface area (Å²) >= 11 is 5.92. The van der Waals surface area contributed by atoms with Gasteiger partial charge in [0.25, 0.3) is 0 Å². The SMILES string of the molecule is CNc1ncc(S(=O)(=O)N2CCS(=O)(=O)CC2)cc1Cl. The zero-order valence-corrected chi connectivity index (χ0v) is 13.1. The summed E-state index contributed by atoms with van der Waals surface area (Å²) in [6.07, 6.45) is 1.20. The molecule has 0 aromatic carbocycles. The fourth-order valence-electron chi connectivity index (χ4n) is 1.83. The van der Waals surface area contributed by atoms with Gasteiger partial charge in [-0.2, -0.15) is 4.31 Å². The van der Waals surface area contributed by atoms with Crippen molar-refractivity contribution in [3.63, 3.8) is 0 Å².